The Bertz CT molecular complexity index is 723. The van der Waals surface area contributed by atoms with Crippen LogP contribution in [0, 0.1) is 25.2 Å². The van der Waals surface area contributed by atoms with Crippen molar-refractivity contribution in [2.45, 2.75) is 13.8 Å². The van der Waals surface area contributed by atoms with Crippen molar-refractivity contribution >= 4 is 34.8 Å². The lowest BCUT2D eigenvalue weighted by molar-refractivity contribution is 0.459. The molecule has 1 aromatic heterocycles. The SMILES string of the molecule is Cc1cc(C)c(C#N)c(Oc2cc(Cl)c(Cl)cc2Cl)n1. The van der Waals surface area contributed by atoms with E-state index in [9.17, 15) is 5.26 Å². The second kappa shape index (κ2) is 5.88. The van der Waals surface area contributed by atoms with Crippen molar-refractivity contribution in [3.05, 3.63) is 50.1 Å². The summed E-state index contributed by atoms with van der Waals surface area (Å²) in [6.07, 6.45) is 0. The van der Waals surface area contributed by atoms with E-state index in [0.717, 1.165) is 11.3 Å². The van der Waals surface area contributed by atoms with E-state index >= 15 is 0 Å². The van der Waals surface area contributed by atoms with Crippen molar-refractivity contribution < 1.29 is 4.74 Å². The van der Waals surface area contributed by atoms with Crippen LogP contribution >= 0.6 is 34.8 Å². The summed E-state index contributed by atoms with van der Waals surface area (Å²) in [6.45, 7) is 3.63. The zero-order chi connectivity index (χ0) is 14.9. The monoisotopic (exact) mass is 326 g/mol. The first kappa shape index (κ1) is 14.9. The largest absolute Gasteiger partial charge is 0.436 e. The van der Waals surface area contributed by atoms with Crippen molar-refractivity contribution in [1.29, 1.82) is 5.26 Å². The second-order valence-electron chi connectivity index (χ2n) is 4.17. The van der Waals surface area contributed by atoms with Crippen molar-refractivity contribution in [2.75, 3.05) is 0 Å². The first-order valence-corrected chi connectivity index (χ1v) is 6.76. The van der Waals surface area contributed by atoms with Crippen LogP contribution in [0.15, 0.2) is 18.2 Å². The molecule has 3 nitrogen and oxygen atoms in total. The van der Waals surface area contributed by atoms with Crippen molar-refractivity contribution in [3.63, 3.8) is 0 Å². The first-order chi connectivity index (χ1) is 9.42. The molecule has 0 amide bonds. The summed E-state index contributed by atoms with van der Waals surface area (Å²) in [5, 5.41) is 10.1. The minimum absolute atomic E-state index is 0.199. The average Bonchev–Trinajstić information content (AvgIpc) is 2.35. The molecule has 6 heteroatoms. The van der Waals surface area contributed by atoms with Crippen LogP contribution in [0.5, 0.6) is 11.6 Å². The molecule has 1 aromatic carbocycles. The molecule has 2 rings (SSSR count). The van der Waals surface area contributed by atoms with Gasteiger partial charge in [-0.2, -0.15) is 5.26 Å². The van der Waals surface area contributed by atoms with E-state index in [4.69, 9.17) is 39.5 Å². The summed E-state index contributed by atoms with van der Waals surface area (Å²) in [5.74, 6) is 0.500. The first-order valence-electron chi connectivity index (χ1n) is 5.63. The molecular formula is C14H9Cl3N2O. The molecule has 0 bridgehead atoms. The molecule has 0 fully saturated rings. The van der Waals surface area contributed by atoms with Crippen LogP contribution in [0.2, 0.25) is 15.1 Å². The molecule has 0 aliphatic carbocycles. The summed E-state index contributed by atoms with van der Waals surface area (Å²) >= 11 is 17.8. The average molecular weight is 328 g/mol. The highest BCUT2D eigenvalue weighted by Gasteiger charge is 2.14. The minimum atomic E-state index is 0.199. The van der Waals surface area contributed by atoms with E-state index in [1.54, 1.807) is 0 Å². The van der Waals surface area contributed by atoms with Crippen molar-refractivity contribution in [3.8, 4) is 17.7 Å². The molecule has 0 aliphatic heterocycles. The number of aryl methyl sites for hydroxylation is 2. The summed E-state index contributed by atoms with van der Waals surface area (Å²) < 4.78 is 5.62. The van der Waals surface area contributed by atoms with Gasteiger partial charge in [-0.25, -0.2) is 4.98 Å². The van der Waals surface area contributed by atoms with Gasteiger partial charge in [0.05, 0.1) is 15.1 Å². The summed E-state index contributed by atoms with van der Waals surface area (Å²) in [5.41, 5.74) is 1.89. The summed E-state index contributed by atoms with van der Waals surface area (Å²) in [6, 6.07) is 6.85. The van der Waals surface area contributed by atoms with Gasteiger partial charge in [0.25, 0.3) is 0 Å². The van der Waals surface area contributed by atoms with Gasteiger partial charge in [-0.15, -0.1) is 0 Å². The van der Waals surface area contributed by atoms with Gasteiger partial charge in [-0.3, -0.25) is 0 Å². The number of hydrogen-bond acceptors (Lipinski definition) is 3. The third kappa shape index (κ3) is 2.99. The topological polar surface area (TPSA) is 45.9 Å². The van der Waals surface area contributed by atoms with Gasteiger partial charge < -0.3 is 4.74 Å². The lowest BCUT2D eigenvalue weighted by Crippen LogP contribution is -1.97. The fourth-order valence-corrected chi connectivity index (χ4v) is 2.27. The van der Waals surface area contributed by atoms with Crippen LogP contribution in [0.3, 0.4) is 0 Å². The fraction of sp³-hybridized carbons (Fsp3) is 0.143. The lowest BCUT2D eigenvalue weighted by Gasteiger charge is -2.11. The van der Waals surface area contributed by atoms with Gasteiger partial charge >= 0.3 is 0 Å². The summed E-state index contributed by atoms with van der Waals surface area (Å²) in [7, 11) is 0. The minimum Gasteiger partial charge on any atom is -0.436 e. The van der Waals surface area contributed by atoms with E-state index in [2.05, 4.69) is 11.1 Å². The number of pyridine rings is 1. The Morgan fingerprint density at radius 1 is 1.05 bits per heavy atom. The number of nitrogens with zero attached hydrogens (tertiary/aromatic N) is 2. The van der Waals surface area contributed by atoms with Gasteiger partial charge in [-0.1, -0.05) is 34.8 Å². The normalized spacial score (nSPS) is 10.2. The Hall–Kier alpha value is -1.47. The lowest BCUT2D eigenvalue weighted by atomic mass is 10.1. The maximum Gasteiger partial charge on any atom is 0.237 e. The maximum atomic E-state index is 9.19. The van der Waals surface area contributed by atoms with Gasteiger partial charge in [0.2, 0.25) is 5.88 Å². The molecule has 2 aromatic rings. The molecule has 0 atom stereocenters. The Morgan fingerprint density at radius 3 is 2.35 bits per heavy atom. The number of aromatic nitrogens is 1. The third-order valence-electron chi connectivity index (χ3n) is 2.60. The van der Waals surface area contributed by atoms with Crippen LogP contribution < -0.4 is 4.74 Å². The van der Waals surface area contributed by atoms with E-state index in [0.29, 0.717) is 26.4 Å². The number of halogens is 3. The molecule has 102 valence electrons. The highest BCUT2D eigenvalue weighted by atomic mass is 35.5. The van der Waals surface area contributed by atoms with Crippen molar-refractivity contribution in [1.82, 2.24) is 4.98 Å². The van der Waals surface area contributed by atoms with Gasteiger partial charge in [0.1, 0.15) is 17.4 Å². The van der Waals surface area contributed by atoms with Crippen LogP contribution in [0.25, 0.3) is 0 Å². The Balaban J connectivity index is 2.51. The highest BCUT2D eigenvalue weighted by molar-refractivity contribution is 6.43. The number of rotatable bonds is 2. The molecule has 20 heavy (non-hydrogen) atoms. The molecular weight excluding hydrogens is 319 g/mol. The fourth-order valence-electron chi connectivity index (χ4n) is 1.70. The number of benzene rings is 1. The van der Waals surface area contributed by atoms with Gasteiger partial charge in [-0.05, 0) is 31.5 Å². The molecule has 0 unspecified atom stereocenters. The Labute approximate surface area is 131 Å². The molecule has 0 N–H and O–H groups in total. The van der Waals surface area contributed by atoms with Gasteiger partial charge in [0, 0.05) is 11.8 Å². The summed E-state index contributed by atoms with van der Waals surface area (Å²) in [4.78, 5) is 4.21. The molecule has 0 radical (unpaired) electrons. The van der Waals surface area contributed by atoms with Gasteiger partial charge in [0.15, 0.2) is 0 Å². The Morgan fingerprint density at radius 2 is 1.70 bits per heavy atom. The molecule has 0 saturated heterocycles. The van der Waals surface area contributed by atoms with Crippen molar-refractivity contribution in [2.24, 2.45) is 0 Å². The standard InChI is InChI=1S/C14H9Cl3N2O/c1-7-3-8(2)19-14(9(7)6-18)20-13-5-11(16)10(15)4-12(13)17/h3-5H,1-2H3. The number of ether oxygens (including phenoxy) is 1. The Kier molecular flexibility index (Phi) is 4.39. The zero-order valence-corrected chi connectivity index (χ0v) is 12.9. The predicted molar refractivity (Wildman–Crippen MR) is 80.0 cm³/mol. The van der Waals surface area contributed by atoms with Crippen LogP contribution in [-0.2, 0) is 0 Å². The second-order valence-corrected chi connectivity index (χ2v) is 5.39. The number of hydrogen-bond donors (Lipinski definition) is 0. The quantitative estimate of drug-likeness (QED) is 0.701. The third-order valence-corrected chi connectivity index (χ3v) is 3.62. The van der Waals surface area contributed by atoms with E-state index < -0.39 is 0 Å². The van der Waals surface area contributed by atoms with E-state index in [1.807, 2.05) is 19.9 Å². The molecule has 0 saturated carbocycles. The maximum absolute atomic E-state index is 9.19. The molecule has 0 aliphatic rings. The highest BCUT2D eigenvalue weighted by Crippen LogP contribution is 2.37. The molecule has 0 spiro atoms. The van der Waals surface area contributed by atoms with Crippen LogP contribution in [0.4, 0.5) is 0 Å². The van der Waals surface area contributed by atoms with Crippen LogP contribution in [-0.4, -0.2) is 4.98 Å². The smallest absolute Gasteiger partial charge is 0.237 e. The molecule has 1 heterocycles. The number of nitriles is 1. The zero-order valence-electron chi connectivity index (χ0n) is 10.7. The van der Waals surface area contributed by atoms with Crippen LogP contribution in [0.1, 0.15) is 16.8 Å². The van der Waals surface area contributed by atoms with E-state index in [-0.39, 0.29) is 5.88 Å². The van der Waals surface area contributed by atoms with E-state index in [1.165, 1.54) is 12.1 Å². The predicted octanol–water partition coefficient (Wildman–Crippen LogP) is 5.32.